The van der Waals surface area contributed by atoms with Crippen molar-refractivity contribution in [1.82, 2.24) is 14.5 Å². The van der Waals surface area contributed by atoms with E-state index < -0.39 is 23.1 Å². The topological polar surface area (TPSA) is 112 Å². The summed E-state index contributed by atoms with van der Waals surface area (Å²) in [6.45, 7) is 0.579. The highest BCUT2D eigenvalue weighted by Gasteiger charge is 2.26. The molecule has 1 aromatic rings. The number of H-pyrrole nitrogens is 1. The summed E-state index contributed by atoms with van der Waals surface area (Å²) in [5.74, 6) is -1.51. The van der Waals surface area contributed by atoms with Crippen molar-refractivity contribution in [2.24, 2.45) is 5.92 Å². The average molecular weight is 281 g/mol. The van der Waals surface area contributed by atoms with Crippen LogP contribution >= 0.6 is 0 Å². The Kier molecular flexibility index (Phi) is 4.02. The van der Waals surface area contributed by atoms with Gasteiger partial charge in [0.25, 0.3) is 5.56 Å². The Morgan fingerprint density at radius 3 is 2.50 bits per heavy atom. The number of hydrogen-bond acceptors (Lipinski definition) is 4. The van der Waals surface area contributed by atoms with Gasteiger partial charge in [0.15, 0.2) is 0 Å². The number of aliphatic carboxylic acids is 1. The summed E-state index contributed by atoms with van der Waals surface area (Å²) in [7, 11) is 0. The number of aromatic nitrogens is 2. The zero-order valence-corrected chi connectivity index (χ0v) is 10.7. The Hall–Kier alpha value is -2.38. The first-order valence-electron chi connectivity index (χ1n) is 6.27. The van der Waals surface area contributed by atoms with Crippen LogP contribution < -0.4 is 11.2 Å². The van der Waals surface area contributed by atoms with Gasteiger partial charge in [-0.3, -0.25) is 23.9 Å². The lowest BCUT2D eigenvalue weighted by molar-refractivity contribution is -0.145. The molecule has 1 saturated heterocycles. The van der Waals surface area contributed by atoms with E-state index in [1.165, 1.54) is 17.2 Å². The minimum absolute atomic E-state index is 0.159. The molecule has 0 bridgehead atoms. The third-order valence-electron chi connectivity index (χ3n) is 3.40. The second-order valence-corrected chi connectivity index (χ2v) is 4.73. The Morgan fingerprint density at radius 1 is 1.30 bits per heavy atom. The van der Waals surface area contributed by atoms with Gasteiger partial charge in [-0.05, 0) is 12.8 Å². The van der Waals surface area contributed by atoms with Crippen molar-refractivity contribution < 1.29 is 14.7 Å². The van der Waals surface area contributed by atoms with Crippen LogP contribution in [0.4, 0.5) is 0 Å². The molecule has 1 amide bonds. The number of nitrogens with one attached hydrogen (secondary N) is 1. The van der Waals surface area contributed by atoms with Gasteiger partial charge in [-0.15, -0.1) is 0 Å². The summed E-state index contributed by atoms with van der Waals surface area (Å²) in [6, 6.07) is 1.17. The third kappa shape index (κ3) is 3.14. The number of likely N-dealkylation sites (tertiary alicyclic amines) is 1. The fourth-order valence-electron chi connectivity index (χ4n) is 2.19. The molecule has 2 heterocycles. The molecule has 0 aliphatic carbocycles. The summed E-state index contributed by atoms with van der Waals surface area (Å²) >= 11 is 0. The number of carboxylic acid groups (broad SMARTS) is 1. The van der Waals surface area contributed by atoms with Crippen molar-refractivity contribution >= 4 is 11.9 Å². The molecule has 0 spiro atoms. The lowest BCUT2D eigenvalue weighted by Gasteiger charge is -2.30. The average Bonchev–Trinajstić information content (AvgIpc) is 2.42. The molecule has 1 aromatic heterocycles. The SMILES string of the molecule is O=C(O)C1CCN(C(=O)Cn2ccc(=O)[nH]c2=O)CC1. The zero-order valence-electron chi connectivity index (χ0n) is 10.7. The molecular formula is C12H15N3O5. The molecule has 0 saturated carbocycles. The maximum Gasteiger partial charge on any atom is 0.328 e. The number of aromatic amines is 1. The first-order chi connectivity index (χ1) is 9.47. The molecule has 0 atom stereocenters. The van der Waals surface area contributed by atoms with Crippen molar-refractivity contribution in [3.63, 3.8) is 0 Å². The fraction of sp³-hybridized carbons (Fsp3) is 0.500. The zero-order chi connectivity index (χ0) is 14.7. The Labute approximate surface area is 113 Å². The first-order valence-corrected chi connectivity index (χ1v) is 6.27. The maximum atomic E-state index is 12.0. The number of amides is 1. The maximum absolute atomic E-state index is 12.0. The largest absolute Gasteiger partial charge is 0.481 e. The smallest absolute Gasteiger partial charge is 0.328 e. The number of piperidine rings is 1. The minimum atomic E-state index is -0.839. The summed E-state index contributed by atoms with van der Waals surface area (Å²) in [6.07, 6.45) is 2.10. The van der Waals surface area contributed by atoms with Crippen LogP contribution in [0.1, 0.15) is 12.8 Å². The van der Waals surface area contributed by atoms with Crippen LogP contribution in [0.25, 0.3) is 0 Å². The van der Waals surface area contributed by atoms with E-state index in [9.17, 15) is 19.2 Å². The number of carbonyl (C=O) groups excluding carboxylic acids is 1. The Morgan fingerprint density at radius 2 is 1.95 bits per heavy atom. The lowest BCUT2D eigenvalue weighted by Crippen LogP contribution is -2.43. The molecule has 108 valence electrons. The highest BCUT2D eigenvalue weighted by Crippen LogP contribution is 2.17. The minimum Gasteiger partial charge on any atom is -0.481 e. The van der Waals surface area contributed by atoms with E-state index in [2.05, 4.69) is 4.98 Å². The van der Waals surface area contributed by atoms with E-state index in [-0.39, 0.29) is 12.5 Å². The predicted molar refractivity (Wildman–Crippen MR) is 68.3 cm³/mol. The fourth-order valence-corrected chi connectivity index (χ4v) is 2.19. The number of rotatable bonds is 3. The van der Waals surface area contributed by atoms with E-state index in [1.54, 1.807) is 0 Å². The van der Waals surface area contributed by atoms with Crippen LogP contribution in [0, 0.1) is 5.92 Å². The molecule has 0 unspecified atom stereocenters. The van der Waals surface area contributed by atoms with Crippen LogP contribution in [0.3, 0.4) is 0 Å². The third-order valence-corrected chi connectivity index (χ3v) is 3.40. The van der Waals surface area contributed by atoms with Crippen molar-refractivity contribution in [1.29, 1.82) is 0 Å². The van der Waals surface area contributed by atoms with Gasteiger partial charge in [0, 0.05) is 25.4 Å². The van der Waals surface area contributed by atoms with Gasteiger partial charge >= 0.3 is 11.7 Å². The summed E-state index contributed by atoms with van der Waals surface area (Å²) in [5, 5.41) is 8.88. The van der Waals surface area contributed by atoms with Crippen molar-refractivity contribution in [3.8, 4) is 0 Å². The molecule has 20 heavy (non-hydrogen) atoms. The molecule has 1 aliphatic heterocycles. The molecule has 2 N–H and O–H groups in total. The normalized spacial score (nSPS) is 16.1. The van der Waals surface area contributed by atoms with Gasteiger partial charge in [-0.25, -0.2) is 4.79 Å². The molecule has 2 rings (SSSR count). The summed E-state index contributed by atoms with van der Waals surface area (Å²) in [4.78, 5) is 48.8. The monoisotopic (exact) mass is 281 g/mol. The number of nitrogens with zero attached hydrogens (tertiary/aromatic N) is 2. The van der Waals surface area contributed by atoms with Gasteiger partial charge in [0.2, 0.25) is 5.91 Å². The predicted octanol–water partition coefficient (Wildman–Crippen LogP) is -1.14. The summed E-state index contributed by atoms with van der Waals surface area (Å²) < 4.78 is 1.12. The van der Waals surface area contributed by atoms with Crippen molar-refractivity contribution in [2.75, 3.05) is 13.1 Å². The van der Waals surface area contributed by atoms with Gasteiger partial charge in [-0.1, -0.05) is 0 Å². The van der Waals surface area contributed by atoms with Gasteiger partial charge in [-0.2, -0.15) is 0 Å². The van der Waals surface area contributed by atoms with Crippen LogP contribution in [-0.2, 0) is 16.1 Å². The standard InChI is InChI=1S/C12H15N3O5/c16-9-3-6-15(12(20)13-9)7-10(17)14-4-1-8(2-5-14)11(18)19/h3,6,8H,1-2,4-5,7H2,(H,18,19)(H,13,16,20). The molecule has 1 fully saturated rings. The molecule has 1 aliphatic rings. The van der Waals surface area contributed by atoms with E-state index in [0.29, 0.717) is 25.9 Å². The number of carboxylic acids is 1. The molecular weight excluding hydrogens is 266 g/mol. The van der Waals surface area contributed by atoms with E-state index >= 15 is 0 Å². The van der Waals surface area contributed by atoms with E-state index in [4.69, 9.17) is 5.11 Å². The van der Waals surface area contributed by atoms with Crippen LogP contribution in [0.5, 0.6) is 0 Å². The Balaban J connectivity index is 1.98. The van der Waals surface area contributed by atoms with Gasteiger partial charge in [0.05, 0.1) is 5.92 Å². The van der Waals surface area contributed by atoms with Crippen molar-refractivity contribution in [3.05, 3.63) is 33.1 Å². The van der Waals surface area contributed by atoms with Crippen molar-refractivity contribution in [2.45, 2.75) is 19.4 Å². The first kappa shape index (κ1) is 14.0. The van der Waals surface area contributed by atoms with Gasteiger partial charge in [0.1, 0.15) is 6.54 Å². The molecule has 8 nitrogen and oxygen atoms in total. The second-order valence-electron chi connectivity index (χ2n) is 4.73. The number of hydrogen-bond donors (Lipinski definition) is 2. The van der Waals surface area contributed by atoms with E-state index in [0.717, 1.165) is 4.57 Å². The quantitative estimate of drug-likeness (QED) is 0.727. The van der Waals surface area contributed by atoms with Crippen LogP contribution in [0.15, 0.2) is 21.9 Å². The number of carbonyl (C=O) groups is 2. The molecule has 0 radical (unpaired) electrons. The Bertz CT molecular complexity index is 624. The summed E-state index contributed by atoms with van der Waals surface area (Å²) in [5.41, 5.74) is -1.15. The molecule has 8 heteroatoms. The highest BCUT2D eigenvalue weighted by molar-refractivity contribution is 5.76. The van der Waals surface area contributed by atoms with Gasteiger partial charge < -0.3 is 10.0 Å². The molecule has 0 aromatic carbocycles. The highest BCUT2D eigenvalue weighted by atomic mass is 16.4. The van der Waals surface area contributed by atoms with Crippen LogP contribution in [0.2, 0.25) is 0 Å². The van der Waals surface area contributed by atoms with Crippen LogP contribution in [-0.4, -0.2) is 44.5 Å². The second kappa shape index (κ2) is 5.72. The lowest BCUT2D eigenvalue weighted by atomic mass is 9.97. The van der Waals surface area contributed by atoms with E-state index in [1.807, 2.05) is 0 Å².